The van der Waals surface area contributed by atoms with Crippen molar-refractivity contribution >= 4 is 43.2 Å². The number of hydrogen-bond donors (Lipinski definition) is 0. The molecule has 1 heterocycles. The molecule has 0 fully saturated rings. The molecule has 1 aromatic carbocycles. The van der Waals surface area contributed by atoms with Gasteiger partial charge < -0.3 is 4.74 Å². The van der Waals surface area contributed by atoms with Crippen LogP contribution in [0, 0.1) is 6.92 Å². The van der Waals surface area contributed by atoms with Crippen LogP contribution in [-0.4, -0.2) is 4.98 Å². The average Bonchev–Trinajstić information content (AvgIpc) is 2.73. The van der Waals surface area contributed by atoms with Crippen LogP contribution in [-0.2, 0) is 11.9 Å². The molecule has 1 aromatic heterocycles. The number of ether oxygens (including phenoxy) is 1. The van der Waals surface area contributed by atoms with Gasteiger partial charge in [-0.05, 0) is 25.1 Å². The van der Waals surface area contributed by atoms with E-state index in [0.717, 1.165) is 31.8 Å². The monoisotopic (exact) mass is 375 g/mol. The van der Waals surface area contributed by atoms with Crippen molar-refractivity contribution < 1.29 is 4.74 Å². The van der Waals surface area contributed by atoms with E-state index in [9.17, 15) is 0 Å². The summed E-state index contributed by atoms with van der Waals surface area (Å²) in [4.78, 5) is 4.37. The van der Waals surface area contributed by atoms with Gasteiger partial charge >= 0.3 is 0 Å². The standard InChI is InChI=1S/C12H11Br2NOS/c1-8-15-11(7-17-8)6-16-12-3-2-10(14)4-9(12)5-13/h2-4,7H,5-6H2,1H3. The van der Waals surface area contributed by atoms with Gasteiger partial charge in [-0.15, -0.1) is 11.3 Å². The van der Waals surface area contributed by atoms with Gasteiger partial charge in [0.2, 0.25) is 0 Å². The molecular formula is C12H11Br2NOS. The summed E-state index contributed by atoms with van der Waals surface area (Å²) in [7, 11) is 0. The molecule has 2 rings (SSSR count). The molecule has 0 spiro atoms. The molecule has 90 valence electrons. The maximum atomic E-state index is 5.78. The minimum absolute atomic E-state index is 0.520. The highest BCUT2D eigenvalue weighted by Crippen LogP contribution is 2.26. The number of benzene rings is 1. The second kappa shape index (κ2) is 5.98. The van der Waals surface area contributed by atoms with Gasteiger partial charge in [-0.1, -0.05) is 31.9 Å². The molecule has 0 unspecified atom stereocenters. The first-order chi connectivity index (χ1) is 8.19. The summed E-state index contributed by atoms with van der Waals surface area (Å²) in [6.07, 6.45) is 0. The Labute approximate surface area is 121 Å². The minimum atomic E-state index is 0.520. The SMILES string of the molecule is Cc1nc(COc2ccc(Br)cc2CBr)cs1. The van der Waals surface area contributed by atoms with Gasteiger partial charge in [-0.3, -0.25) is 0 Å². The van der Waals surface area contributed by atoms with Crippen LogP contribution in [0.3, 0.4) is 0 Å². The molecule has 0 aliphatic carbocycles. The summed E-state index contributed by atoms with van der Waals surface area (Å²) in [5, 5.41) is 3.87. The fraction of sp³-hybridized carbons (Fsp3) is 0.250. The quantitative estimate of drug-likeness (QED) is 0.722. The van der Waals surface area contributed by atoms with E-state index in [1.165, 1.54) is 0 Å². The van der Waals surface area contributed by atoms with Gasteiger partial charge in [0.1, 0.15) is 12.4 Å². The maximum absolute atomic E-state index is 5.78. The Morgan fingerprint density at radius 2 is 2.24 bits per heavy atom. The van der Waals surface area contributed by atoms with Crippen LogP contribution in [0.5, 0.6) is 5.75 Å². The van der Waals surface area contributed by atoms with Crippen LogP contribution >= 0.6 is 43.2 Å². The Balaban J connectivity index is 2.08. The van der Waals surface area contributed by atoms with Crippen molar-refractivity contribution in [2.45, 2.75) is 18.9 Å². The first kappa shape index (κ1) is 13.1. The summed E-state index contributed by atoms with van der Waals surface area (Å²) < 4.78 is 6.83. The van der Waals surface area contributed by atoms with E-state index in [1.54, 1.807) is 11.3 Å². The highest BCUT2D eigenvalue weighted by atomic mass is 79.9. The van der Waals surface area contributed by atoms with Crippen molar-refractivity contribution in [1.82, 2.24) is 4.98 Å². The van der Waals surface area contributed by atoms with Crippen LogP contribution < -0.4 is 4.74 Å². The number of aromatic nitrogens is 1. The number of aryl methyl sites for hydroxylation is 1. The second-order valence-electron chi connectivity index (χ2n) is 3.53. The molecule has 17 heavy (non-hydrogen) atoms. The number of thiazole rings is 1. The summed E-state index contributed by atoms with van der Waals surface area (Å²) in [5.41, 5.74) is 2.11. The van der Waals surface area contributed by atoms with Gasteiger partial charge in [0, 0.05) is 20.7 Å². The Morgan fingerprint density at radius 3 is 2.88 bits per heavy atom. The molecule has 0 amide bonds. The molecule has 0 radical (unpaired) electrons. The lowest BCUT2D eigenvalue weighted by atomic mass is 10.2. The fourth-order valence-electron chi connectivity index (χ4n) is 1.42. The third kappa shape index (κ3) is 3.53. The minimum Gasteiger partial charge on any atom is -0.487 e. The van der Waals surface area contributed by atoms with Crippen molar-refractivity contribution in [3.8, 4) is 5.75 Å². The highest BCUT2D eigenvalue weighted by molar-refractivity contribution is 9.10. The number of halogens is 2. The van der Waals surface area contributed by atoms with E-state index in [2.05, 4.69) is 42.9 Å². The van der Waals surface area contributed by atoms with Gasteiger partial charge in [0.25, 0.3) is 0 Å². The van der Waals surface area contributed by atoms with Crippen molar-refractivity contribution in [3.05, 3.63) is 44.3 Å². The Bertz CT molecular complexity index is 513. The Morgan fingerprint density at radius 1 is 1.41 bits per heavy atom. The van der Waals surface area contributed by atoms with Crippen LogP contribution in [0.4, 0.5) is 0 Å². The number of hydrogen-bond acceptors (Lipinski definition) is 3. The molecule has 0 bridgehead atoms. The van der Waals surface area contributed by atoms with Crippen molar-refractivity contribution in [1.29, 1.82) is 0 Å². The van der Waals surface area contributed by atoms with E-state index in [0.29, 0.717) is 6.61 Å². The van der Waals surface area contributed by atoms with Gasteiger partial charge in [-0.2, -0.15) is 0 Å². The van der Waals surface area contributed by atoms with E-state index < -0.39 is 0 Å². The van der Waals surface area contributed by atoms with Gasteiger partial charge in [-0.25, -0.2) is 4.98 Å². The molecule has 0 saturated heterocycles. The zero-order valence-corrected chi connectivity index (χ0v) is 13.2. The zero-order chi connectivity index (χ0) is 12.3. The topological polar surface area (TPSA) is 22.1 Å². The molecule has 5 heteroatoms. The van der Waals surface area contributed by atoms with Crippen LogP contribution in [0.25, 0.3) is 0 Å². The van der Waals surface area contributed by atoms with Gasteiger partial charge in [0.05, 0.1) is 10.7 Å². The second-order valence-corrected chi connectivity index (χ2v) is 6.07. The summed E-state index contributed by atoms with van der Waals surface area (Å²) >= 11 is 8.55. The molecule has 0 saturated carbocycles. The highest BCUT2D eigenvalue weighted by Gasteiger charge is 2.05. The van der Waals surface area contributed by atoms with Crippen molar-refractivity contribution in [3.63, 3.8) is 0 Å². The first-order valence-electron chi connectivity index (χ1n) is 5.07. The number of rotatable bonds is 4. The lowest BCUT2D eigenvalue weighted by molar-refractivity contribution is 0.299. The van der Waals surface area contributed by atoms with E-state index in [-0.39, 0.29) is 0 Å². The number of nitrogens with zero attached hydrogens (tertiary/aromatic N) is 1. The Hall–Kier alpha value is -0.390. The average molecular weight is 377 g/mol. The maximum Gasteiger partial charge on any atom is 0.131 e. The smallest absolute Gasteiger partial charge is 0.131 e. The Kier molecular flexibility index (Phi) is 4.59. The van der Waals surface area contributed by atoms with E-state index in [1.807, 2.05) is 24.4 Å². The zero-order valence-electron chi connectivity index (χ0n) is 9.24. The molecule has 0 aliphatic rings. The molecule has 2 nitrogen and oxygen atoms in total. The van der Waals surface area contributed by atoms with Crippen molar-refractivity contribution in [2.75, 3.05) is 0 Å². The predicted octanol–water partition coefficient (Wildman–Crippen LogP) is 4.69. The predicted molar refractivity (Wildman–Crippen MR) is 78.0 cm³/mol. The third-order valence-corrected chi connectivity index (χ3v) is 4.13. The molecule has 0 atom stereocenters. The van der Waals surface area contributed by atoms with Crippen LogP contribution in [0.2, 0.25) is 0 Å². The number of alkyl halides is 1. The first-order valence-corrected chi connectivity index (χ1v) is 7.86. The van der Waals surface area contributed by atoms with Gasteiger partial charge in [0.15, 0.2) is 0 Å². The molecule has 2 aromatic rings. The van der Waals surface area contributed by atoms with E-state index in [4.69, 9.17) is 4.74 Å². The fourth-order valence-corrected chi connectivity index (χ4v) is 2.86. The molecule has 0 aliphatic heterocycles. The molecule has 0 N–H and O–H groups in total. The lowest BCUT2D eigenvalue weighted by Gasteiger charge is -2.09. The van der Waals surface area contributed by atoms with E-state index >= 15 is 0 Å². The lowest BCUT2D eigenvalue weighted by Crippen LogP contribution is -1.98. The summed E-state index contributed by atoms with van der Waals surface area (Å²) in [6.45, 7) is 2.52. The normalized spacial score (nSPS) is 10.5. The summed E-state index contributed by atoms with van der Waals surface area (Å²) in [6, 6.07) is 6.00. The van der Waals surface area contributed by atoms with Crippen molar-refractivity contribution in [2.24, 2.45) is 0 Å². The van der Waals surface area contributed by atoms with Crippen LogP contribution in [0.1, 0.15) is 16.3 Å². The largest absolute Gasteiger partial charge is 0.487 e. The molecular weight excluding hydrogens is 366 g/mol. The van der Waals surface area contributed by atoms with Crippen LogP contribution in [0.15, 0.2) is 28.1 Å². The summed E-state index contributed by atoms with van der Waals surface area (Å²) in [5.74, 6) is 0.899. The third-order valence-electron chi connectivity index (χ3n) is 2.21.